The van der Waals surface area contributed by atoms with Crippen LogP contribution >= 0.6 is 11.3 Å². The number of carbonyl (C=O) groups excluding carboxylic acids is 1. The molecule has 0 spiro atoms. The summed E-state index contributed by atoms with van der Waals surface area (Å²) in [5.41, 5.74) is 4.97. The lowest BCUT2D eigenvalue weighted by Crippen LogP contribution is -2.52. The lowest BCUT2D eigenvalue weighted by Gasteiger charge is -2.40. The minimum Gasteiger partial charge on any atom is -0.494 e. The zero-order valence-corrected chi connectivity index (χ0v) is 21.2. The van der Waals surface area contributed by atoms with E-state index in [2.05, 4.69) is 52.8 Å². The number of fused-ring (bicyclic) bond motifs is 1. The molecule has 0 bridgehead atoms. The number of hydrogen-bond donors (Lipinski definition) is 0. The van der Waals surface area contributed by atoms with E-state index in [4.69, 9.17) is 9.72 Å². The van der Waals surface area contributed by atoms with Gasteiger partial charge in [-0.3, -0.25) is 4.79 Å². The average Bonchev–Trinajstić information content (AvgIpc) is 3.29. The van der Waals surface area contributed by atoms with E-state index in [9.17, 15) is 4.79 Å². The second kappa shape index (κ2) is 9.82. The molecule has 1 aromatic heterocycles. The molecule has 2 aromatic carbocycles. The summed E-state index contributed by atoms with van der Waals surface area (Å²) in [6.45, 7) is 12.1. The summed E-state index contributed by atoms with van der Waals surface area (Å²) in [6, 6.07) is 12.6. The standard InChI is InChI=1S/C27H34N4O2S/c1-4-33-22-10-11-23-25(17-22)34-27(28-23)31-12-6-8-21(18-31)26(32)30-15-13-29(14-16-30)24-9-5-7-19(2)20(24)3/h5,7,9-11,17,21H,4,6,8,12-16,18H2,1-3H3/t21-/m1/s1. The van der Waals surface area contributed by atoms with Crippen LogP contribution in [0.4, 0.5) is 10.8 Å². The van der Waals surface area contributed by atoms with Gasteiger partial charge in [0, 0.05) is 45.0 Å². The highest BCUT2D eigenvalue weighted by Crippen LogP contribution is 2.34. The van der Waals surface area contributed by atoms with Crippen molar-refractivity contribution in [3.8, 4) is 5.75 Å². The van der Waals surface area contributed by atoms with Gasteiger partial charge in [0.1, 0.15) is 5.75 Å². The van der Waals surface area contributed by atoms with Gasteiger partial charge in [0.15, 0.2) is 5.13 Å². The third-order valence-corrected chi connectivity index (χ3v) is 8.29. The number of nitrogens with zero attached hydrogens (tertiary/aromatic N) is 4. The highest BCUT2D eigenvalue weighted by Gasteiger charge is 2.32. The normalized spacial score (nSPS) is 19.0. The summed E-state index contributed by atoms with van der Waals surface area (Å²) >= 11 is 1.70. The summed E-state index contributed by atoms with van der Waals surface area (Å²) in [5, 5.41) is 1.01. The Balaban J connectivity index is 1.22. The zero-order chi connectivity index (χ0) is 23.7. The molecule has 0 saturated carbocycles. The maximum Gasteiger partial charge on any atom is 0.227 e. The monoisotopic (exact) mass is 478 g/mol. The number of anilines is 2. The fraction of sp³-hybridized carbons (Fsp3) is 0.481. The molecular weight excluding hydrogens is 444 g/mol. The van der Waals surface area contributed by atoms with Crippen molar-refractivity contribution >= 4 is 38.3 Å². The first kappa shape index (κ1) is 23.0. The molecule has 34 heavy (non-hydrogen) atoms. The molecule has 0 unspecified atom stereocenters. The van der Waals surface area contributed by atoms with Gasteiger partial charge in [-0.1, -0.05) is 23.5 Å². The van der Waals surface area contributed by atoms with Crippen molar-refractivity contribution < 1.29 is 9.53 Å². The molecule has 2 saturated heterocycles. The molecule has 3 heterocycles. The van der Waals surface area contributed by atoms with Gasteiger partial charge in [-0.15, -0.1) is 0 Å². The fourth-order valence-electron chi connectivity index (χ4n) is 5.14. The zero-order valence-electron chi connectivity index (χ0n) is 20.4. The predicted molar refractivity (Wildman–Crippen MR) is 140 cm³/mol. The van der Waals surface area contributed by atoms with Crippen molar-refractivity contribution in [2.45, 2.75) is 33.6 Å². The van der Waals surface area contributed by atoms with Crippen LogP contribution in [0.2, 0.25) is 0 Å². The summed E-state index contributed by atoms with van der Waals surface area (Å²) < 4.78 is 6.78. The maximum atomic E-state index is 13.4. The number of piperazine rings is 1. The molecule has 7 heteroatoms. The SMILES string of the molecule is CCOc1ccc2nc(N3CCC[C@@H](C(=O)N4CCN(c5cccc(C)c5C)CC4)C3)sc2c1. The van der Waals surface area contributed by atoms with Gasteiger partial charge >= 0.3 is 0 Å². The third-order valence-electron chi connectivity index (χ3n) is 7.21. The summed E-state index contributed by atoms with van der Waals surface area (Å²) in [4.78, 5) is 25.1. The van der Waals surface area contributed by atoms with E-state index >= 15 is 0 Å². The lowest BCUT2D eigenvalue weighted by atomic mass is 9.96. The fourth-order valence-corrected chi connectivity index (χ4v) is 6.17. The van der Waals surface area contributed by atoms with Crippen LogP contribution in [0.5, 0.6) is 5.75 Å². The van der Waals surface area contributed by atoms with E-state index in [1.54, 1.807) is 11.3 Å². The van der Waals surface area contributed by atoms with Crippen LogP contribution in [0.1, 0.15) is 30.9 Å². The van der Waals surface area contributed by atoms with Gasteiger partial charge in [-0.25, -0.2) is 4.98 Å². The van der Waals surface area contributed by atoms with Crippen LogP contribution in [-0.4, -0.2) is 61.7 Å². The van der Waals surface area contributed by atoms with Crippen molar-refractivity contribution in [2.75, 3.05) is 55.7 Å². The van der Waals surface area contributed by atoms with Crippen molar-refractivity contribution in [3.63, 3.8) is 0 Å². The average molecular weight is 479 g/mol. The number of aryl methyl sites for hydroxylation is 1. The second-order valence-corrected chi connectivity index (χ2v) is 10.4. The summed E-state index contributed by atoms with van der Waals surface area (Å²) in [6.07, 6.45) is 1.99. The maximum absolute atomic E-state index is 13.4. The third kappa shape index (κ3) is 4.58. The number of amides is 1. The largest absolute Gasteiger partial charge is 0.494 e. The summed E-state index contributed by atoms with van der Waals surface area (Å²) in [7, 11) is 0. The molecule has 0 aliphatic carbocycles. The van der Waals surface area contributed by atoms with Gasteiger partial charge < -0.3 is 19.4 Å². The van der Waals surface area contributed by atoms with E-state index in [1.165, 1.54) is 16.8 Å². The molecule has 1 amide bonds. The Morgan fingerprint density at radius 1 is 1.09 bits per heavy atom. The van der Waals surface area contributed by atoms with Gasteiger partial charge in [0.2, 0.25) is 5.91 Å². The Labute approximate surface area is 206 Å². The molecule has 180 valence electrons. The second-order valence-electron chi connectivity index (χ2n) is 9.38. The van der Waals surface area contributed by atoms with Crippen LogP contribution < -0.4 is 14.5 Å². The topological polar surface area (TPSA) is 48.9 Å². The Kier molecular flexibility index (Phi) is 6.63. The first-order valence-corrected chi connectivity index (χ1v) is 13.2. The minimum atomic E-state index is 0.0482. The van der Waals surface area contributed by atoms with Crippen molar-refractivity contribution in [2.24, 2.45) is 5.92 Å². The van der Waals surface area contributed by atoms with Crippen molar-refractivity contribution in [1.82, 2.24) is 9.88 Å². The number of hydrogen-bond acceptors (Lipinski definition) is 6. The molecule has 0 N–H and O–H groups in total. The first-order valence-electron chi connectivity index (χ1n) is 12.4. The molecule has 1 atom stereocenters. The molecule has 2 aliphatic rings. The van der Waals surface area contributed by atoms with Gasteiger partial charge in [-0.05, 0) is 69.0 Å². The number of thiazole rings is 1. The molecule has 0 radical (unpaired) electrons. The van der Waals surface area contributed by atoms with E-state index in [1.807, 2.05) is 19.1 Å². The molecule has 5 rings (SSSR count). The van der Waals surface area contributed by atoms with Crippen LogP contribution in [0.25, 0.3) is 10.2 Å². The number of piperidine rings is 1. The number of ether oxygens (including phenoxy) is 1. The number of rotatable bonds is 5. The highest BCUT2D eigenvalue weighted by atomic mass is 32.1. The van der Waals surface area contributed by atoms with Crippen LogP contribution in [0, 0.1) is 19.8 Å². The number of benzene rings is 2. The number of carbonyl (C=O) groups is 1. The quantitative estimate of drug-likeness (QED) is 0.523. The lowest BCUT2D eigenvalue weighted by molar-refractivity contribution is -0.136. The van der Waals surface area contributed by atoms with E-state index < -0.39 is 0 Å². The Hall–Kier alpha value is -2.80. The van der Waals surface area contributed by atoms with E-state index in [0.717, 1.165) is 73.2 Å². The Morgan fingerprint density at radius 2 is 1.91 bits per heavy atom. The first-order chi connectivity index (χ1) is 16.5. The Morgan fingerprint density at radius 3 is 2.71 bits per heavy atom. The van der Waals surface area contributed by atoms with Gasteiger partial charge in [-0.2, -0.15) is 0 Å². The molecule has 3 aromatic rings. The smallest absolute Gasteiger partial charge is 0.227 e. The van der Waals surface area contributed by atoms with Crippen LogP contribution in [0.15, 0.2) is 36.4 Å². The molecular formula is C27H34N4O2S. The molecule has 2 aliphatic heterocycles. The van der Waals surface area contributed by atoms with E-state index in [0.29, 0.717) is 12.5 Å². The van der Waals surface area contributed by atoms with E-state index in [-0.39, 0.29) is 5.92 Å². The van der Waals surface area contributed by atoms with Crippen molar-refractivity contribution in [3.05, 3.63) is 47.5 Å². The van der Waals surface area contributed by atoms with Gasteiger partial charge in [0.25, 0.3) is 0 Å². The van der Waals surface area contributed by atoms with Crippen LogP contribution in [-0.2, 0) is 4.79 Å². The predicted octanol–water partition coefficient (Wildman–Crippen LogP) is 4.88. The Bertz CT molecular complexity index is 1170. The van der Waals surface area contributed by atoms with Crippen LogP contribution in [0.3, 0.4) is 0 Å². The molecule has 2 fully saturated rings. The molecule has 6 nitrogen and oxygen atoms in total. The van der Waals surface area contributed by atoms with Crippen molar-refractivity contribution in [1.29, 1.82) is 0 Å². The van der Waals surface area contributed by atoms with Gasteiger partial charge in [0.05, 0.1) is 22.7 Å². The highest BCUT2D eigenvalue weighted by molar-refractivity contribution is 7.22. The minimum absolute atomic E-state index is 0.0482. The summed E-state index contributed by atoms with van der Waals surface area (Å²) in [5.74, 6) is 1.24. The number of aromatic nitrogens is 1.